The molecule has 1 unspecified atom stereocenters. The Morgan fingerprint density at radius 3 is 2.53 bits per heavy atom. The summed E-state index contributed by atoms with van der Waals surface area (Å²) in [6.45, 7) is 0.726. The Hall–Kier alpha value is -1.12. The Labute approximate surface area is 104 Å². The van der Waals surface area contributed by atoms with E-state index in [0.29, 0.717) is 12.1 Å². The van der Waals surface area contributed by atoms with E-state index < -0.39 is 0 Å². The number of nitrogens with one attached hydrogen (secondary N) is 1. The highest BCUT2D eigenvalue weighted by Gasteiger charge is 2.14. The van der Waals surface area contributed by atoms with Gasteiger partial charge in [0.05, 0.1) is 0 Å². The van der Waals surface area contributed by atoms with Gasteiger partial charge in [0.25, 0.3) is 0 Å². The number of benzene rings is 1. The first kappa shape index (κ1) is 12.3. The highest BCUT2D eigenvalue weighted by atomic mass is 15.0. The Morgan fingerprint density at radius 2 is 1.88 bits per heavy atom. The second-order valence-corrected chi connectivity index (χ2v) is 4.76. The van der Waals surface area contributed by atoms with E-state index in [2.05, 4.69) is 47.8 Å². The molecule has 0 aromatic heterocycles. The Balaban J connectivity index is 1.75. The summed E-state index contributed by atoms with van der Waals surface area (Å²) in [4.78, 5) is 0. The zero-order valence-electron chi connectivity index (χ0n) is 10.3. The van der Waals surface area contributed by atoms with Crippen LogP contribution in [0.5, 0.6) is 0 Å². The van der Waals surface area contributed by atoms with Gasteiger partial charge in [-0.05, 0) is 31.2 Å². The van der Waals surface area contributed by atoms with Crippen LogP contribution in [-0.2, 0) is 6.42 Å². The fourth-order valence-corrected chi connectivity index (χ4v) is 2.34. The van der Waals surface area contributed by atoms with E-state index in [1.54, 1.807) is 0 Å². The first-order valence-corrected chi connectivity index (χ1v) is 6.53. The molecule has 1 aliphatic rings. The SMILES string of the molecule is NCC(CCc1ccccc1)NC1CC=CC1. The molecule has 1 aromatic carbocycles. The van der Waals surface area contributed by atoms with Crippen LogP contribution in [0, 0.1) is 0 Å². The summed E-state index contributed by atoms with van der Waals surface area (Å²) < 4.78 is 0. The van der Waals surface area contributed by atoms with Crippen LogP contribution in [0.25, 0.3) is 0 Å². The fraction of sp³-hybridized carbons (Fsp3) is 0.467. The maximum atomic E-state index is 5.83. The lowest BCUT2D eigenvalue weighted by Crippen LogP contribution is -2.42. The third-order valence-corrected chi connectivity index (χ3v) is 3.39. The molecule has 1 atom stereocenters. The van der Waals surface area contributed by atoms with Crippen LogP contribution in [0.1, 0.15) is 24.8 Å². The molecule has 0 saturated carbocycles. The van der Waals surface area contributed by atoms with Crippen LogP contribution in [0.4, 0.5) is 0 Å². The summed E-state index contributed by atoms with van der Waals surface area (Å²) in [5.41, 5.74) is 7.23. The molecule has 0 aliphatic heterocycles. The lowest BCUT2D eigenvalue weighted by Gasteiger charge is -2.21. The maximum absolute atomic E-state index is 5.83. The minimum atomic E-state index is 0.445. The third-order valence-electron chi connectivity index (χ3n) is 3.39. The summed E-state index contributed by atoms with van der Waals surface area (Å²) in [7, 11) is 0. The van der Waals surface area contributed by atoms with E-state index >= 15 is 0 Å². The van der Waals surface area contributed by atoms with Crippen LogP contribution >= 0.6 is 0 Å². The third kappa shape index (κ3) is 3.99. The van der Waals surface area contributed by atoms with Gasteiger partial charge in [0.15, 0.2) is 0 Å². The van der Waals surface area contributed by atoms with E-state index in [4.69, 9.17) is 5.73 Å². The van der Waals surface area contributed by atoms with Crippen LogP contribution in [0.3, 0.4) is 0 Å². The molecule has 0 saturated heterocycles. The highest BCUT2D eigenvalue weighted by molar-refractivity contribution is 5.14. The largest absolute Gasteiger partial charge is 0.329 e. The molecular weight excluding hydrogens is 208 g/mol. The summed E-state index contributed by atoms with van der Waals surface area (Å²) in [6, 6.07) is 11.7. The average molecular weight is 230 g/mol. The number of hydrogen-bond acceptors (Lipinski definition) is 2. The van der Waals surface area contributed by atoms with Gasteiger partial charge in [-0.25, -0.2) is 0 Å². The summed E-state index contributed by atoms with van der Waals surface area (Å²) in [5, 5.41) is 3.65. The van der Waals surface area contributed by atoms with Crippen molar-refractivity contribution in [3.8, 4) is 0 Å². The smallest absolute Gasteiger partial charge is 0.0196 e. The van der Waals surface area contributed by atoms with Crippen molar-refractivity contribution < 1.29 is 0 Å². The minimum absolute atomic E-state index is 0.445. The number of aryl methyl sites for hydroxylation is 1. The van der Waals surface area contributed by atoms with Gasteiger partial charge in [0.1, 0.15) is 0 Å². The molecule has 0 amide bonds. The fourth-order valence-electron chi connectivity index (χ4n) is 2.34. The van der Waals surface area contributed by atoms with Gasteiger partial charge in [-0.2, -0.15) is 0 Å². The van der Waals surface area contributed by atoms with Gasteiger partial charge >= 0.3 is 0 Å². The summed E-state index contributed by atoms with van der Waals surface area (Å²) in [6.07, 6.45) is 9.04. The van der Waals surface area contributed by atoms with Crippen LogP contribution in [0.2, 0.25) is 0 Å². The molecule has 3 N–H and O–H groups in total. The molecule has 2 rings (SSSR count). The van der Waals surface area contributed by atoms with Gasteiger partial charge < -0.3 is 11.1 Å². The quantitative estimate of drug-likeness (QED) is 0.736. The van der Waals surface area contributed by atoms with E-state index in [9.17, 15) is 0 Å². The lowest BCUT2D eigenvalue weighted by atomic mass is 10.0. The van der Waals surface area contributed by atoms with E-state index in [1.165, 1.54) is 5.56 Å². The second-order valence-electron chi connectivity index (χ2n) is 4.76. The molecule has 17 heavy (non-hydrogen) atoms. The Morgan fingerprint density at radius 1 is 1.18 bits per heavy atom. The van der Waals surface area contributed by atoms with Crippen LogP contribution in [0.15, 0.2) is 42.5 Å². The molecule has 1 aliphatic carbocycles. The molecule has 0 spiro atoms. The topological polar surface area (TPSA) is 38.0 Å². The molecule has 2 heteroatoms. The van der Waals surface area contributed by atoms with Gasteiger partial charge in [0, 0.05) is 18.6 Å². The van der Waals surface area contributed by atoms with Crippen LogP contribution in [-0.4, -0.2) is 18.6 Å². The number of hydrogen-bond donors (Lipinski definition) is 2. The normalized spacial score (nSPS) is 17.5. The second kappa shape index (κ2) is 6.58. The molecule has 0 radical (unpaired) electrons. The highest BCUT2D eigenvalue weighted by Crippen LogP contribution is 2.12. The summed E-state index contributed by atoms with van der Waals surface area (Å²) >= 11 is 0. The molecule has 0 heterocycles. The van der Waals surface area contributed by atoms with Gasteiger partial charge in [-0.3, -0.25) is 0 Å². The molecule has 0 fully saturated rings. The first-order chi connectivity index (χ1) is 8.38. The van der Waals surface area contributed by atoms with Crippen molar-refractivity contribution in [1.29, 1.82) is 0 Å². The van der Waals surface area contributed by atoms with Gasteiger partial charge in [-0.1, -0.05) is 42.5 Å². The monoisotopic (exact) mass is 230 g/mol. The molecular formula is C15H22N2. The predicted molar refractivity (Wildman–Crippen MR) is 72.9 cm³/mol. The van der Waals surface area contributed by atoms with Gasteiger partial charge in [0.2, 0.25) is 0 Å². The zero-order valence-corrected chi connectivity index (χ0v) is 10.3. The van der Waals surface area contributed by atoms with Gasteiger partial charge in [-0.15, -0.1) is 0 Å². The van der Waals surface area contributed by atoms with Crippen LogP contribution < -0.4 is 11.1 Å². The van der Waals surface area contributed by atoms with Crippen molar-refractivity contribution in [1.82, 2.24) is 5.32 Å². The Kier molecular flexibility index (Phi) is 4.77. The van der Waals surface area contributed by atoms with Crippen molar-refractivity contribution in [2.45, 2.75) is 37.8 Å². The maximum Gasteiger partial charge on any atom is 0.0196 e. The molecule has 1 aromatic rings. The molecule has 0 bridgehead atoms. The van der Waals surface area contributed by atoms with E-state index in [-0.39, 0.29) is 0 Å². The van der Waals surface area contributed by atoms with Crippen molar-refractivity contribution >= 4 is 0 Å². The van der Waals surface area contributed by atoms with Crippen molar-refractivity contribution in [3.05, 3.63) is 48.0 Å². The van der Waals surface area contributed by atoms with Crippen molar-refractivity contribution in [3.63, 3.8) is 0 Å². The number of nitrogens with two attached hydrogens (primary N) is 1. The average Bonchev–Trinajstić information content (AvgIpc) is 2.88. The summed E-state index contributed by atoms with van der Waals surface area (Å²) in [5.74, 6) is 0. The first-order valence-electron chi connectivity index (χ1n) is 6.53. The minimum Gasteiger partial charge on any atom is -0.329 e. The number of rotatable bonds is 6. The molecule has 92 valence electrons. The van der Waals surface area contributed by atoms with E-state index in [0.717, 1.165) is 32.2 Å². The van der Waals surface area contributed by atoms with E-state index in [1.807, 2.05) is 0 Å². The lowest BCUT2D eigenvalue weighted by molar-refractivity contribution is 0.422. The zero-order chi connectivity index (χ0) is 11.9. The predicted octanol–water partition coefficient (Wildman–Crippen LogP) is 2.25. The van der Waals surface area contributed by atoms with Crippen molar-refractivity contribution in [2.75, 3.05) is 6.54 Å². The molecule has 2 nitrogen and oxygen atoms in total. The Bertz CT molecular complexity index is 337. The standard InChI is InChI=1S/C15H22N2/c16-12-15(17-14-8-4-5-9-14)11-10-13-6-2-1-3-7-13/h1-7,14-15,17H,8-12,16H2. The van der Waals surface area contributed by atoms with Crippen molar-refractivity contribution in [2.24, 2.45) is 5.73 Å².